The monoisotopic (exact) mass is 345 g/mol. The maximum atomic E-state index is 12.7. The van der Waals surface area contributed by atoms with Gasteiger partial charge in [0.1, 0.15) is 5.15 Å². The summed E-state index contributed by atoms with van der Waals surface area (Å²) in [6, 6.07) is 10.1. The van der Waals surface area contributed by atoms with E-state index in [0.29, 0.717) is 48.3 Å². The van der Waals surface area contributed by atoms with Gasteiger partial charge in [0, 0.05) is 19.3 Å². The van der Waals surface area contributed by atoms with Crippen LogP contribution in [0.2, 0.25) is 5.15 Å². The van der Waals surface area contributed by atoms with Crippen LogP contribution in [0.5, 0.6) is 0 Å². The van der Waals surface area contributed by atoms with Gasteiger partial charge in [-0.2, -0.15) is 0 Å². The summed E-state index contributed by atoms with van der Waals surface area (Å²) in [6.45, 7) is 2.14. The molecule has 1 aliphatic heterocycles. The molecule has 3 rings (SSSR count). The molecule has 7 heteroatoms. The van der Waals surface area contributed by atoms with Crippen molar-refractivity contribution in [2.75, 3.05) is 31.6 Å². The first-order valence-corrected chi connectivity index (χ1v) is 7.92. The fraction of sp³-hybridized carbons (Fsp3) is 0.235. The molecular formula is C17H16ClN3O3. The average Bonchev–Trinajstić information content (AvgIpc) is 2.63. The van der Waals surface area contributed by atoms with Crippen molar-refractivity contribution < 1.29 is 14.3 Å². The quantitative estimate of drug-likeness (QED) is 0.867. The summed E-state index contributed by atoms with van der Waals surface area (Å²) in [4.78, 5) is 30.6. The third-order valence-electron chi connectivity index (χ3n) is 3.69. The first-order chi connectivity index (χ1) is 11.6. The lowest BCUT2D eigenvalue weighted by atomic mass is 10.1. The van der Waals surface area contributed by atoms with Crippen LogP contribution >= 0.6 is 11.6 Å². The number of aromatic nitrogens is 1. The van der Waals surface area contributed by atoms with Gasteiger partial charge in [-0.1, -0.05) is 23.7 Å². The Kier molecular flexibility index (Phi) is 5.08. The molecule has 0 saturated carbocycles. The molecule has 1 fully saturated rings. The average molecular weight is 346 g/mol. The van der Waals surface area contributed by atoms with Gasteiger partial charge in [-0.05, 0) is 24.3 Å². The molecule has 2 amide bonds. The summed E-state index contributed by atoms with van der Waals surface area (Å²) in [7, 11) is 0. The molecule has 1 aromatic heterocycles. The lowest BCUT2D eigenvalue weighted by molar-refractivity contribution is 0.0303. The first-order valence-electron chi connectivity index (χ1n) is 7.54. The normalized spacial score (nSPS) is 14.3. The number of carbonyl (C=O) groups excluding carboxylic acids is 2. The van der Waals surface area contributed by atoms with Crippen LogP contribution in [0.25, 0.3) is 0 Å². The number of hydrogen-bond donors (Lipinski definition) is 1. The van der Waals surface area contributed by atoms with Gasteiger partial charge < -0.3 is 15.0 Å². The van der Waals surface area contributed by atoms with E-state index in [4.69, 9.17) is 16.3 Å². The van der Waals surface area contributed by atoms with Gasteiger partial charge >= 0.3 is 0 Å². The van der Waals surface area contributed by atoms with Crippen LogP contribution in [0.1, 0.15) is 20.7 Å². The number of pyridine rings is 1. The Hall–Kier alpha value is -2.44. The van der Waals surface area contributed by atoms with Crippen molar-refractivity contribution in [3.8, 4) is 0 Å². The first kappa shape index (κ1) is 16.4. The van der Waals surface area contributed by atoms with Gasteiger partial charge in [0.15, 0.2) is 0 Å². The van der Waals surface area contributed by atoms with Gasteiger partial charge in [0.2, 0.25) is 0 Å². The molecule has 6 nitrogen and oxygen atoms in total. The van der Waals surface area contributed by atoms with E-state index in [2.05, 4.69) is 10.3 Å². The number of amides is 2. The molecule has 1 saturated heterocycles. The zero-order valence-electron chi connectivity index (χ0n) is 12.9. The van der Waals surface area contributed by atoms with Crippen molar-refractivity contribution in [1.29, 1.82) is 0 Å². The van der Waals surface area contributed by atoms with E-state index in [0.717, 1.165) is 0 Å². The highest BCUT2D eigenvalue weighted by Crippen LogP contribution is 2.19. The zero-order valence-corrected chi connectivity index (χ0v) is 13.6. The van der Waals surface area contributed by atoms with Crippen LogP contribution < -0.4 is 5.32 Å². The van der Waals surface area contributed by atoms with E-state index < -0.39 is 0 Å². The van der Waals surface area contributed by atoms with Crippen LogP contribution in [-0.2, 0) is 4.74 Å². The van der Waals surface area contributed by atoms with E-state index in [9.17, 15) is 9.59 Å². The van der Waals surface area contributed by atoms with E-state index in [1.54, 1.807) is 41.3 Å². The second-order valence-corrected chi connectivity index (χ2v) is 5.66. The van der Waals surface area contributed by atoms with Gasteiger partial charge in [-0.3, -0.25) is 9.59 Å². The van der Waals surface area contributed by atoms with E-state index in [1.807, 2.05) is 0 Å². The van der Waals surface area contributed by atoms with Gasteiger partial charge in [-0.15, -0.1) is 0 Å². The highest BCUT2D eigenvalue weighted by Gasteiger charge is 2.21. The number of ether oxygens (including phenoxy) is 1. The second-order valence-electron chi connectivity index (χ2n) is 5.27. The fourth-order valence-corrected chi connectivity index (χ4v) is 2.53. The largest absolute Gasteiger partial charge is 0.378 e. The minimum absolute atomic E-state index is 0.122. The molecule has 1 N–H and O–H groups in total. The SMILES string of the molecule is O=C(Nc1ccccc1C(=O)N1CCOCC1)c1ccc(Cl)nc1. The molecule has 1 aromatic carbocycles. The topological polar surface area (TPSA) is 71.5 Å². The van der Waals surface area contributed by atoms with E-state index in [1.165, 1.54) is 6.20 Å². The van der Waals surface area contributed by atoms with Crippen molar-refractivity contribution in [2.45, 2.75) is 0 Å². The highest BCUT2D eigenvalue weighted by molar-refractivity contribution is 6.29. The van der Waals surface area contributed by atoms with Gasteiger partial charge in [-0.25, -0.2) is 4.98 Å². The Morgan fingerprint density at radius 3 is 2.58 bits per heavy atom. The predicted octanol–water partition coefficient (Wildman–Crippen LogP) is 2.46. The van der Waals surface area contributed by atoms with Gasteiger partial charge in [0.05, 0.1) is 30.0 Å². The van der Waals surface area contributed by atoms with Crippen LogP contribution in [0.4, 0.5) is 5.69 Å². The summed E-state index contributed by atoms with van der Waals surface area (Å²) in [5, 5.41) is 3.08. The molecule has 0 unspecified atom stereocenters. The molecule has 24 heavy (non-hydrogen) atoms. The molecular weight excluding hydrogens is 330 g/mol. The maximum absolute atomic E-state index is 12.7. The number of nitrogens with one attached hydrogen (secondary N) is 1. The Bertz CT molecular complexity index is 743. The summed E-state index contributed by atoms with van der Waals surface area (Å²) in [6.07, 6.45) is 1.39. The molecule has 2 aromatic rings. The van der Waals surface area contributed by atoms with Crippen molar-refractivity contribution in [1.82, 2.24) is 9.88 Å². The van der Waals surface area contributed by atoms with Crippen molar-refractivity contribution in [2.24, 2.45) is 0 Å². The number of nitrogens with zero attached hydrogens (tertiary/aromatic N) is 2. The molecule has 0 spiro atoms. The Labute approximate surface area is 144 Å². The molecule has 1 aliphatic rings. The van der Waals surface area contributed by atoms with E-state index in [-0.39, 0.29) is 11.8 Å². The van der Waals surface area contributed by atoms with Crippen molar-refractivity contribution >= 4 is 29.1 Å². The Morgan fingerprint density at radius 2 is 1.88 bits per heavy atom. The Morgan fingerprint density at radius 1 is 1.12 bits per heavy atom. The molecule has 0 bridgehead atoms. The zero-order chi connectivity index (χ0) is 16.9. The van der Waals surface area contributed by atoms with E-state index >= 15 is 0 Å². The summed E-state index contributed by atoms with van der Waals surface area (Å²) in [5.41, 5.74) is 1.29. The minimum atomic E-state index is -0.346. The minimum Gasteiger partial charge on any atom is -0.378 e. The fourth-order valence-electron chi connectivity index (χ4n) is 2.42. The third-order valence-corrected chi connectivity index (χ3v) is 3.92. The highest BCUT2D eigenvalue weighted by atomic mass is 35.5. The van der Waals surface area contributed by atoms with Crippen molar-refractivity contribution in [3.05, 3.63) is 58.9 Å². The molecule has 2 heterocycles. The number of anilines is 1. The molecule has 0 aliphatic carbocycles. The lowest BCUT2D eigenvalue weighted by Crippen LogP contribution is -2.41. The smallest absolute Gasteiger partial charge is 0.257 e. The van der Waals surface area contributed by atoms with Gasteiger partial charge in [0.25, 0.3) is 11.8 Å². The van der Waals surface area contributed by atoms with Crippen LogP contribution in [0.3, 0.4) is 0 Å². The number of morpholine rings is 1. The summed E-state index contributed by atoms with van der Waals surface area (Å²) < 4.78 is 5.27. The summed E-state index contributed by atoms with van der Waals surface area (Å²) >= 11 is 5.73. The molecule has 124 valence electrons. The third kappa shape index (κ3) is 3.72. The number of hydrogen-bond acceptors (Lipinski definition) is 4. The Balaban J connectivity index is 1.79. The number of halogens is 1. The summed E-state index contributed by atoms with van der Waals surface area (Å²) in [5.74, 6) is -0.468. The lowest BCUT2D eigenvalue weighted by Gasteiger charge is -2.27. The number of benzene rings is 1. The van der Waals surface area contributed by atoms with Crippen molar-refractivity contribution in [3.63, 3.8) is 0 Å². The van der Waals surface area contributed by atoms with Crippen LogP contribution in [0.15, 0.2) is 42.6 Å². The van der Waals surface area contributed by atoms with Crippen LogP contribution in [-0.4, -0.2) is 48.0 Å². The molecule has 0 radical (unpaired) electrons. The standard InChI is InChI=1S/C17H16ClN3O3/c18-15-6-5-12(11-19-15)16(22)20-14-4-2-1-3-13(14)17(23)21-7-9-24-10-8-21/h1-6,11H,7-10H2,(H,20,22). The number of carbonyl (C=O) groups is 2. The van der Waals surface area contributed by atoms with Crippen LogP contribution in [0, 0.1) is 0 Å². The second kappa shape index (κ2) is 7.42. The number of rotatable bonds is 3. The number of para-hydroxylation sites is 1. The maximum Gasteiger partial charge on any atom is 0.257 e. The predicted molar refractivity (Wildman–Crippen MR) is 90.4 cm³/mol. The molecule has 0 atom stereocenters.